The number of nitrogens with zero attached hydrogens (tertiary/aromatic N) is 2. The van der Waals surface area contributed by atoms with Crippen LogP contribution in [0.25, 0.3) is 0 Å². The lowest BCUT2D eigenvalue weighted by Crippen LogP contribution is -2.23. The summed E-state index contributed by atoms with van der Waals surface area (Å²) in [6.07, 6.45) is 2.98. The topological polar surface area (TPSA) is 29.9 Å². The van der Waals surface area contributed by atoms with Crippen LogP contribution in [0.1, 0.15) is 35.3 Å². The van der Waals surface area contributed by atoms with Crippen LogP contribution in [-0.2, 0) is 13.5 Å². The van der Waals surface area contributed by atoms with Crippen molar-refractivity contribution in [1.29, 1.82) is 0 Å². The molecule has 0 bridgehead atoms. The number of hydrogen-bond donors (Lipinski definition) is 1. The van der Waals surface area contributed by atoms with Crippen molar-refractivity contribution in [3.8, 4) is 0 Å². The van der Waals surface area contributed by atoms with Crippen LogP contribution in [0.5, 0.6) is 0 Å². The van der Waals surface area contributed by atoms with Gasteiger partial charge in [0.15, 0.2) is 0 Å². The van der Waals surface area contributed by atoms with Crippen LogP contribution in [0.3, 0.4) is 0 Å². The molecule has 0 spiro atoms. The predicted molar refractivity (Wildman–Crippen MR) is 79.2 cm³/mol. The van der Waals surface area contributed by atoms with Gasteiger partial charge in [-0.1, -0.05) is 36.2 Å². The third-order valence-electron chi connectivity index (χ3n) is 3.26. The Labute approximate surface area is 115 Å². The average Bonchev–Trinajstić information content (AvgIpc) is 2.74. The second kappa shape index (κ2) is 6.02. The second-order valence-electron chi connectivity index (χ2n) is 5.22. The van der Waals surface area contributed by atoms with E-state index in [1.54, 1.807) is 0 Å². The van der Waals surface area contributed by atoms with E-state index < -0.39 is 0 Å². The van der Waals surface area contributed by atoms with E-state index in [2.05, 4.69) is 55.5 Å². The Hall–Kier alpha value is -1.61. The highest BCUT2D eigenvalue weighted by Crippen LogP contribution is 2.18. The van der Waals surface area contributed by atoms with Gasteiger partial charge in [0.2, 0.25) is 0 Å². The summed E-state index contributed by atoms with van der Waals surface area (Å²) in [6.45, 7) is 7.39. The Kier molecular flexibility index (Phi) is 4.38. The summed E-state index contributed by atoms with van der Waals surface area (Å²) in [5, 5.41) is 8.05. The molecule has 2 rings (SSSR count). The summed E-state index contributed by atoms with van der Waals surface area (Å²) in [5.41, 5.74) is 5.13. The zero-order valence-electron chi connectivity index (χ0n) is 12.3. The maximum atomic E-state index is 4.52. The fraction of sp³-hybridized carbons (Fsp3) is 0.438. The summed E-state index contributed by atoms with van der Waals surface area (Å²) >= 11 is 0. The smallest absolute Gasteiger partial charge is 0.0797 e. The number of aromatic nitrogens is 2. The zero-order chi connectivity index (χ0) is 13.8. The lowest BCUT2D eigenvalue weighted by atomic mass is 9.99. The first-order chi connectivity index (χ1) is 9.08. The molecule has 102 valence electrons. The van der Waals surface area contributed by atoms with Crippen molar-refractivity contribution in [3.05, 3.63) is 52.8 Å². The largest absolute Gasteiger partial charge is 0.309 e. The number of likely N-dealkylation sites (N-methyl/N-ethyl adjacent to an activating group) is 1. The van der Waals surface area contributed by atoms with Crippen molar-refractivity contribution in [2.24, 2.45) is 7.05 Å². The molecular formula is C16H23N3. The van der Waals surface area contributed by atoms with Gasteiger partial charge in [0.25, 0.3) is 0 Å². The number of benzene rings is 1. The minimum atomic E-state index is 0.285. The molecule has 0 aliphatic heterocycles. The quantitative estimate of drug-likeness (QED) is 0.892. The molecular weight excluding hydrogens is 234 g/mol. The molecule has 1 unspecified atom stereocenters. The summed E-state index contributed by atoms with van der Waals surface area (Å²) < 4.78 is 1.86. The van der Waals surface area contributed by atoms with Gasteiger partial charge in [-0.3, -0.25) is 4.68 Å². The van der Waals surface area contributed by atoms with Gasteiger partial charge in [0, 0.05) is 13.2 Å². The molecule has 0 aliphatic carbocycles. The SMILES string of the molecule is CCNC(Cc1cc(C)cc(C)c1)c1ccn(C)n1. The predicted octanol–water partition coefficient (Wildman–Crippen LogP) is 2.93. The molecule has 0 amide bonds. The van der Waals surface area contributed by atoms with Gasteiger partial charge in [-0.25, -0.2) is 0 Å². The highest BCUT2D eigenvalue weighted by Gasteiger charge is 2.14. The molecule has 0 radical (unpaired) electrons. The molecule has 19 heavy (non-hydrogen) atoms. The van der Waals surface area contributed by atoms with Crippen molar-refractivity contribution in [2.75, 3.05) is 6.54 Å². The van der Waals surface area contributed by atoms with Crippen LogP contribution in [0.2, 0.25) is 0 Å². The molecule has 1 N–H and O–H groups in total. The fourth-order valence-electron chi connectivity index (χ4n) is 2.57. The van der Waals surface area contributed by atoms with E-state index in [9.17, 15) is 0 Å². The van der Waals surface area contributed by atoms with Gasteiger partial charge in [-0.15, -0.1) is 0 Å². The van der Waals surface area contributed by atoms with Crippen molar-refractivity contribution in [2.45, 2.75) is 33.2 Å². The molecule has 0 saturated heterocycles. The van der Waals surface area contributed by atoms with Crippen molar-refractivity contribution in [3.63, 3.8) is 0 Å². The van der Waals surface area contributed by atoms with Crippen LogP contribution in [0.4, 0.5) is 0 Å². The van der Waals surface area contributed by atoms with Gasteiger partial charge >= 0.3 is 0 Å². The van der Waals surface area contributed by atoms with Crippen LogP contribution in [0, 0.1) is 13.8 Å². The summed E-state index contributed by atoms with van der Waals surface area (Å²) in [7, 11) is 1.96. The average molecular weight is 257 g/mol. The maximum absolute atomic E-state index is 4.52. The van der Waals surface area contributed by atoms with Gasteiger partial charge in [-0.2, -0.15) is 5.10 Å². The molecule has 2 aromatic rings. The van der Waals surface area contributed by atoms with E-state index in [-0.39, 0.29) is 6.04 Å². The van der Waals surface area contributed by atoms with Gasteiger partial charge in [-0.05, 0) is 38.4 Å². The molecule has 0 fully saturated rings. The summed E-state index contributed by atoms with van der Waals surface area (Å²) in [6, 6.07) is 9.12. The molecule has 3 heteroatoms. The minimum Gasteiger partial charge on any atom is -0.309 e. The monoisotopic (exact) mass is 257 g/mol. The van der Waals surface area contributed by atoms with E-state index in [1.807, 2.05) is 17.9 Å². The first kappa shape index (κ1) is 13.8. The fourth-order valence-corrected chi connectivity index (χ4v) is 2.57. The highest BCUT2D eigenvalue weighted by atomic mass is 15.3. The molecule has 1 aromatic heterocycles. The second-order valence-corrected chi connectivity index (χ2v) is 5.22. The molecule has 1 atom stereocenters. The number of rotatable bonds is 5. The van der Waals surface area contributed by atoms with Gasteiger partial charge in [0.1, 0.15) is 0 Å². The lowest BCUT2D eigenvalue weighted by Gasteiger charge is -2.16. The zero-order valence-corrected chi connectivity index (χ0v) is 12.3. The Balaban J connectivity index is 2.20. The third kappa shape index (κ3) is 3.67. The molecule has 0 saturated carbocycles. The molecule has 1 aromatic carbocycles. The Morgan fingerprint density at radius 1 is 1.21 bits per heavy atom. The Bertz CT molecular complexity index is 522. The van der Waals surface area contributed by atoms with Crippen molar-refractivity contribution >= 4 is 0 Å². The maximum Gasteiger partial charge on any atom is 0.0797 e. The Morgan fingerprint density at radius 3 is 2.42 bits per heavy atom. The van der Waals surface area contributed by atoms with Crippen LogP contribution < -0.4 is 5.32 Å². The molecule has 0 aliphatic rings. The minimum absolute atomic E-state index is 0.285. The summed E-state index contributed by atoms with van der Waals surface area (Å²) in [5.74, 6) is 0. The first-order valence-electron chi connectivity index (χ1n) is 6.88. The van der Waals surface area contributed by atoms with E-state index >= 15 is 0 Å². The third-order valence-corrected chi connectivity index (χ3v) is 3.26. The number of nitrogens with one attached hydrogen (secondary N) is 1. The first-order valence-corrected chi connectivity index (χ1v) is 6.88. The van der Waals surface area contributed by atoms with Crippen molar-refractivity contribution in [1.82, 2.24) is 15.1 Å². The van der Waals surface area contributed by atoms with Crippen molar-refractivity contribution < 1.29 is 0 Å². The van der Waals surface area contributed by atoms with E-state index in [4.69, 9.17) is 0 Å². The van der Waals surface area contributed by atoms with E-state index in [0.29, 0.717) is 0 Å². The van der Waals surface area contributed by atoms with Crippen LogP contribution >= 0.6 is 0 Å². The number of hydrogen-bond acceptors (Lipinski definition) is 2. The normalized spacial score (nSPS) is 12.6. The highest BCUT2D eigenvalue weighted by molar-refractivity contribution is 5.29. The standard InChI is InChI=1S/C16H23N3/c1-5-17-16(15-6-7-19(4)18-15)11-14-9-12(2)8-13(3)10-14/h6-10,16-17H,5,11H2,1-4H3. The van der Waals surface area contributed by atoms with Crippen LogP contribution in [-0.4, -0.2) is 16.3 Å². The lowest BCUT2D eigenvalue weighted by molar-refractivity contribution is 0.527. The van der Waals surface area contributed by atoms with E-state index in [0.717, 1.165) is 18.7 Å². The van der Waals surface area contributed by atoms with Gasteiger partial charge < -0.3 is 5.32 Å². The Morgan fingerprint density at radius 2 is 1.89 bits per heavy atom. The molecule has 1 heterocycles. The van der Waals surface area contributed by atoms with Gasteiger partial charge in [0.05, 0.1) is 11.7 Å². The van der Waals surface area contributed by atoms with Crippen LogP contribution in [0.15, 0.2) is 30.5 Å². The number of aryl methyl sites for hydroxylation is 3. The van der Waals surface area contributed by atoms with E-state index in [1.165, 1.54) is 16.7 Å². The molecule has 3 nitrogen and oxygen atoms in total. The summed E-state index contributed by atoms with van der Waals surface area (Å²) in [4.78, 5) is 0.